The zero-order chi connectivity index (χ0) is 23.1. The lowest BCUT2D eigenvalue weighted by Gasteiger charge is -2.11. The molecule has 0 bridgehead atoms. The van der Waals surface area contributed by atoms with Crippen molar-refractivity contribution in [1.29, 1.82) is 0 Å². The number of methoxy groups -OCH3 is 1. The molecule has 31 heavy (non-hydrogen) atoms. The summed E-state index contributed by atoms with van der Waals surface area (Å²) < 4.78 is 45.4. The average Bonchev–Trinajstić information content (AvgIpc) is 3.08. The summed E-state index contributed by atoms with van der Waals surface area (Å²) in [6.07, 6.45) is -2.11. The molecule has 1 aromatic carbocycles. The van der Waals surface area contributed by atoms with E-state index in [1.165, 1.54) is 23.9 Å². The van der Waals surface area contributed by atoms with E-state index in [2.05, 4.69) is 20.7 Å². The van der Waals surface area contributed by atoms with Gasteiger partial charge in [-0.05, 0) is 24.0 Å². The molecule has 1 heterocycles. The van der Waals surface area contributed by atoms with E-state index in [1.807, 2.05) is 20.8 Å². The maximum Gasteiger partial charge on any atom is 0.416 e. The molecule has 0 radical (unpaired) electrons. The number of carbonyl (C=O) groups excluding carboxylic acids is 1. The molecule has 2 aromatic rings. The quantitative estimate of drug-likeness (QED) is 0.264. The van der Waals surface area contributed by atoms with E-state index in [1.54, 1.807) is 17.9 Å². The number of amides is 1. The zero-order valence-electron chi connectivity index (χ0n) is 17.9. The maximum atomic E-state index is 12.8. The summed E-state index contributed by atoms with van der Waals surface area (Å²) >= 11 is 1.18. The molecule has 0 aliphatic rings. The first-order valence-corrected chi connectivity index (χ1v) is 10.6. The highest BCUT2D eigenvalue weighted by molar-refractivity contribution is 7.99. The van der Waals surface area contributed by atoms with Crippen molar-refractivity contribution in [3.05, 3.63) is 29.8 Å². The third kappa shape index (κ3) is 7.98. The topological polar surface area (TPSA) is 81.4 Å². The molecule has 11 heteroatoms. The average molecular weight is 458 g/mol. The van der Waals surface area contributed by atoms with Gasteiger partial charge in [0.15, 0.2) is 11.0 Å². The Labute approximate surface area is 183 Å². The normalized spacial score (nSPS) is 12.5. The van der Waals surface area contributed by atoms with Crippen molar-refractivity contribution in [2.45, 2.75) is 45.1 Å². The molecule has 0 atom stereocenters. The van der Waals surface area contributed by atoms with E-state index in [4.69, 9.17) is 4.74 Å². The molecule has 0 aliphatic heterocycles. The van der Waals surface area contributed by atoms with Gasteiger partial charge in [-0.3, -0.25) is 4.79 Å². The molecule has 1 aromatic heterocycles. The first-order chi connectivity index (χ1) is 14.5. The number of hydrogen-bond acceptors (Lipinski definition) is 6. The summed E-state index contributed by atoms with van der Waals surface area (Å²) in [7, 11) is 1.58. The van der Waals surface area contributed by atoms with Gasteiger partial charge in [-0.2, -0.15) is 18.3 Å². The van der Waals surface area contributed by atoms with E-state index in [0.29, 0.717) is 36.1 Å². The van der Waals surface area contributed by atoms with Crippen LogP contribution >= 0.6 is 11.8 Å². The highest BCUT2D eigenvalue weighted by Crippen LogP contribution is 2.31. The fourth-order valence-electron chi connectivity index (χ4n) is 2.45. The molecule has 0 fully saturated rings. The highest BCUT2D eigenvalue weighted by Gasteiger charge is 2.30. The van der Waals surface area contributed by atoms with Gasteiger partial charge in [-0.15, -0.1) is 10.2 Å². The number of alkyl halides is 3. The molecule has 0 aliphatic carbocycles. The lowest BCUT2D eigenvalue weighted by molar-refractivity contribution is -0.137. The number of halogens is 3. The number of benzene rings is 1. The maximum absolute atomic E-state index is 12.8. The monoisotopic (exact) mass is 457 g/mol. The second kappa shape index (κ2) is 10.8. The van der Waals surface area contributed by atoms with Crippen molar-refractivity contribution in [2.75, 3.05) is 19.5 Å². The van der Waals surface area contributed by atoms with Crippen molar-refractivity contribution in [1.82, 2.24) is 20.2 Å². The molecular weight excluding hydrogens is 431 g/mol. The predicted octanol–water partition coefficient (Wildman–Crippen LogP) is 4.24. The van der Waals surface area contributed by atoms with Gasteiger partial charge in [0, 0.05) is 32.0 Å². The van der Waals surface area contributed by atoms with Crippen LogP contribution in [0.15, 0.2) is 34.5 Å². The standard InChI is InChI=1S/C20H26F3N5O2S/c1-19(2,3)13-24-25-16(29)12-31-18-27-26-17(28(18)10-5-11-30-4)14-6-8-15(9-7-14)20(21,22)23/h6-9,13H,5,10-12H2,1-4H3,(H,25,29). The van der Waals surface area contributed by atoms with E-state index in [9.17, 15) is 18.0 Å². The van der Waals surface area contributed by atoms with Crippen LogP contribution in [0.3, 0.4) is 0 Å². The predicted molar refractivity (Wildman–Crippen MR) is 114 cm³/mol. The van der Waals surface area contributed by atoms with Gasteiger partial charge < -0.3 is 9.30 Å². The van der Waals surface area contributed by atoms with Gasteiger partial charge in [-0.25, -0.2) is 5.43 Å². The summed E-state index contributed by atoms with van der Waals surface area (Å²) in [6, 6.07) is 4.75. The van der Waals surface area contributed by atoms with Gasteiger partial charge >= 0.3 is 6.18 Å². The minimum absolute atomic E-state index is 0.0664. The van der Waals surface area contributed by atoms with Gasteiger partial charge in [0.25, 0.3) is 5.91 Å². The minimum atomic E-state index is -4.41. The third-order valence-electron chi connectivity index (χ3n) is 3.89. The largest absolute Gasteiger partial charge is 0.416 e. The SMILES string of the molecule is COCCCn1c(SCC(=O)NN=CC(C)(C)C)nnc1-c1ccc(C(F)(F)F)cc1. The summed E-state index contributed by atoms with van der Waals surface area (Å²) in [5.74, 6) is 0.197. The first kappa shape index (κ1) is 24.9. The Bertz CT molecular complexity index is 890. The highest BCUT2D eigenvalue weighted by atomic mass is 32.2. The number of hydrazone groups is 1. The van der Waals surface area contributed by atoms with Crippen molar-refractivity contribution in [3.8, 4) is 11.4 Å². The van der Waals surface area contributed by atoms with Crippen LogP contribution in [0.25, 0.3) is 11.4 Å². The number of carbonyl (C=O) groups is 1. The first-order valence-electron chi connectivity index (χ1n) is 9.57. The molecular formula is C20H26F3N5O2S. The number of thioether (sulfide) groups is 1. The van der Waals surface area contributed by atoms with E-state index >= 15 is 0 Å². The molecule has 0 spiro atoms. The fourth-order valence-corrected chi connectivity index (χ4v) is 3.20. The van der Waals surface area contributed by atoms with Crippen LogP contribution in [0.5, 0.6) is 0 Å². The lowest BCUT2D eigenvalue weighted by atomic mass is 9.99. The van der Waals surface area contributed by atoms with E-state index in [0.717, 1.165) is 12.1 Å². The Kier molecular flexibility index (Phi) is 8.63. The molecule has 0 saturated heterocycles. The van der Waals surface area contributed by atoms with Gasteiger partial charge in [0.05, 0.1) is 11.3 Å². The second-order valence-electron chi connectivity index (χ2n) is 7.83. The van der Waals surface area contributed by atoms with Crippen LogP contribution in [0.2, 0.25) is 0 Å². The summed E-state index contributed by atoms with van der Waals surface area (Å²) in [6.45, 7) is 6.87. The number of hydrogen-bond donors (Lipinski definition) is 1. The number of rotatable bonds is 9. The summed E-state index contributed by atoms with van der Waals surface area (Å²) in [5.41, 5.74) is 2.08. The Hall–Kier alpha value is -2.40. The van der Waals surface area contributed by atoms with Crippen molar-refractivity contribution in [3.63, 3.8) is 0 Å². The van der Waals surface area contributed by atoms with Crippen LogP contribution in [-0.2, 0) is 22.3 Å². The number of nitrogens with zero attached hydrogens (tertiary/aromatic N) is 4. The zero-order valence-corrected chi connectivity index (χ0v) is 18.7. The van der Waals surface area contributed by atoms with Crippen molar-refractivity contribution in [2.24, 2.45) is 10.5 Å². The minimum Gasteiger partial charge on any atom is -0.385 e. The Morgan fingerprint density at radius 3 is 2.48 bits per heavy atom. The van der Waals surface area contributed by atoms with E-state index < -0.39 is 11.7 Å². The van der Waals surface area contributed by atoms with Crippen LogP contribution in [-0.4, -0.2) is 46.4 Å². The second-order valence-corrected chi connectivity index (χ2v) is 8.77. The lowest BCUT2D eigenvalue weighted by Crippen LogP contribution is -2.21. The number of aromatic nitrogens is 3. The van der Waals surface area contributed by atoms with Crippen LogP contribution in [0.1, 0.15) is 32.8 Å². The molecule has 1 N–H and O–H groups in total. The third-order valence-corrected chi connectivity index (χ3v) is 4.86. The van der Waals surface area contributed by atoms with Crippen LogP contribution in [0.4, 0.5) is 13.2 Å². The summed E-state index contributed by atoms with van der Waals surface area (Å²) in [4.78, 5) is 12.1. The van der Waals surface area contributed by atoms with E-state index in [-0.39, 0.29) is 17.1 Å². The van der Waals surface area contributed by atoms with Crippen molar-refractivity contribution < 1.29 is 22.7 Å². The van der Waals surface area contributed by atoms with Gasteiger partial charge in [-0.1, -0.05) is 44.7 Å². The van der Waals surface area contributed by atoms with Crippen molar-refractivity contribution >= 4 is 23.9 Å². The number of ether oxygens (including phenoxy) is 1. The number of nitrogens with one attached hydrogen (secondary N) is 1. The van der Waals surface area contributed by atoms with Crippen LogP contribution in [0, 0.1) is 5.41 Å². The van der Waals surface area contributed by atoms with Gasteiger partial charge in [0.1, 0.15) is 0 Å². The van der Waals surface area contributed by atoms with Crippen LogP contribution < -0.4 is 5.43 Å². The Balaban J connectivity index is 2.16. The smallest absolute Gasteiger partial charge is 0.385 e. The van der Waals surface area contributed by atoms with Gasteiger partial charge in [0.2, 0.25) is 0 Å². The molecule has 0 saturated carbocycles. The molecule has 170 valence electrons. The summed E-state index contributed by atoms with van der Waals surface area (Å²) in [5, 5.41) is 12.7. The fraction of sp³-hybridized carbons (Fsp3) is 0.500. The Morgan fingerprint density at radius 2 is 1.90 bits per heavy atom. The Morgan fingerprint density at radius 1 is 1.23 bits per heavy atom. The molecule has 0 unspecified atom stereocenters. The molecule has 1 amide bonds. The molecule has 7 nitrogen and oxygen atoms in total. The molecule has 2 rings (SSSR count).